The van der Waals surface area contributed by atoms with Crippen molar-refractivity contribution in [1.29, 1.82) is 0 Å². The van der Waals surface area contributed by atoms with Crippen molar-refractivity contribution in [3.8, 4) is 0 Å². The number of phosphoric acid groups is 1. The van der Waals surface area contributed by atoms with Crippen LogP contribution in [0.4, 0.5) is 0 Å². The predicted octanol–water partition coefficient (Wildman–Crippen LogP) is 24.9. The van der Waals surface area contributed by atoms with Gasteiger partial charge >= 0.3 is 19.8 Å². The van der Waals surface area contributed by atoms with E-state index in [0.717, 1.165) is 96.3 Å². The highest BCUT2D eigenvalue weighted by Crippen LogP contribution is 2.43. The Kier molecular flexibility index (Phi) is 71.0. The molecule has 0 radical (unpaired) electrons. The van der Waals surface area contributed by atoms with E-state index in [4.69, 9.17) is 24.3 Å². The van der Waals surface area contributed by atoms with Crippen molar-refractivity contribution in [2.45, 2.75) is 354 Å². The van der Waals surface area contributed by atoms with Crippen LogP contribution in [-0.4, -0.2) is 49.3 Å². The Balaban J connectivity index is 3.81. The molecule has 0 aliphatic rings. The fourth-order valence-corrected chi connectivity index (χ4v) is 11.5. The van der Waals surface area contributed by atoms with E-state index in [1.54, 1.807) is 0 Å². The number of rotatable bonds is 70. The van der Waals surface area contributed by atoms with Gasteiger partial charge in [0, 0.05) is 19.4 Å². The predicted molar refractivity (Wildman–Crippen MR) is 385 cm³/mol. The fourth-order valence-electron chi connectivity index (χ4n) is 10.7. The molecule has 9 nitrogen and oxygen atoms in total. The summed E-state index contributed by atoms with van der Waals surface area (Å²) in [6, 6.07) is 0. The Morgan fingerprint density at radius 1 is 0.337 bits per heavy atom. The summed E-state index contributed by atoms with van der Waals surface area (Å²) in [5.41, 5.74) is 5.41. The van der Waals surface area contributed by atoms with Crippen LogP contribution in [-0.2, 0) is 32.7 Å². The highest BCUT2D eigenvalue weighted by molar-refractivity contribution is 7.47. The minimum Gasteiger partial charge on any atom is -0.462 e. The van der Waals surface area contributed by atoms with Gasteiger partial charge in [-0.1, -0.05) is 348 Å². The summed E-state index contributed by atoms with van der Waals surface area (Å²) in [7, 11) is -4.40. The molecule has 0 aliphatic carbocycles. The molecule has 2 atom stereocenters. The first kappa shape index (κ1) is 85.7. The largest absolute Gasteiger partial charge is 0.472 e. The van der Waals surface area contributed by atoms with Gasteiger partial charge in [-0.25, -0.2) is 4.57 Å². The zero-order chi connectivity index (χ0) is 64.4. The smallest absolute Gasteiger partial charge is 0.462 e. The first-order valence-electron chi connectivity index (χ1n) is 37.4. The quantitative estimate of drug-likeness (QED) is 0.0264. The van der Waals surface area contributed by atoms with Crippen molar-refractivity contribution >= 4 is 19.8 Å². The maximum atomic E-state index is 12.8. The fraction of sp³-hybridized carbons (Fsp3) is 0.747. The van der Waals surface area contributed by atoms with Crippen LogP contribution < -0.4 is 5.73 Å². The Morgan fingerprint density at radius 3 is 0.865 bits per heavy atom. The number of hydrogen-bond donors (Lipinski definition) is 2. The average molecular weight is 1260 g/mol. The Labute approximate surface area is 549 Å². The molecule has 0 bridgehead atoms. The Hall–Kier alpha value is -3.33. The second-order valence-corrected chi connectivity index (χ2v) is 26.2. The summed E-state index contributed by atoms with van der Waals surface area (Å²) in [4.78, 5) is 35.4. The molecule has 0 amide bonds. The Bertz CT molecular complexity index is 1830. The van der Waals surface area contributed by atoms with E-state index in [-0.39, 0.29) is 38.6 Å². The molecule has 89 heavy (non-hydrogen) atoms. The zero-order valence-corrected chi connectivity index (χ0v) is 58.8. The molecule has 0 spiro atoms. The van der Waals surface area contributed by atoms with E-state index in [0.29, 0.717) is 6.42 Å². The molecule has 2 unspecified atom stereocenters. The number of carbonyl (C=O) groups is 2. The molecule has 514 valence electrons. The number of nitrogens with two attached hydrogens (primary N) is 1. The lowest BCUT2D eigenvalue weighted by Gasteiger charge is -2.19. The van der Waals surface area contributed by atoms with Gasteiger partial charge in [0.05, 0.1) is 13.2 Å². The molecular weight excluding hydrogens is 1120 g/mol. The molecular formula is C79H140NO8P. The van der Waals surface area contributed by atoms with Gasteiger partial charge in [0.15, 0.2) is 6.10 Å². The van der Waals surface area contributed by atoms with Crippen LogP contribution >= 0.6 is 7.82 Å². The summed E-state index contributed by atoms with van der Waals surface area (Å²) in [5.74, 6) is -0.815. The molecule has 0 heterocycles. The van der Waals surface area contributed by atoms with Crippen LogP contribution in [0.15, 0.2) is 109 Å². The van der Waals surface area contributed by atoms with Crippen molar-refractivity contribution < 1.29 is 37.6 Å². The highest BCUT2D eigenvalue weighted by atomic mass is 31.2. The second-order valence-electron chi connectivity index (χ2n) is 24.8. The standard InChI is InChI=1S/C79H140NO8P/c1-3-5-7-9-11-13-15-17-19-21-23-25-27-29-31-33-35-36-37-38-39-40-42-43-45-47-49-51-53-55-57-59-61-63-65-67-69-71-78(81)85-75-77(76-87-89(83,84)86-74-73-80)88-79(82)72-70-68-66-64-62-60-58-56-54-52-50-48-46-44-41-34-32-30-28-26-24-22-20-18-16-14-12-10-8-6-4-2/h5-8,11-14,17-20,23-26,30,32,77H,3-4,9-10,15-16,21-22,27-29,31,33-76,80H2,1-2H3,(H,83,84)/b7-5-,8-6-,13-11-,14-12-,19-17-,20-18-,25-23-,26-24-,32-30-. The molecule has 0 aromatic heterocycles. The van der Waals surface area contributed by atoms with Crippen molar-refractivity contribution in [2.75, 3.05) is 26.4 Å². The lowest BCUT2D eigenvalue weighted by atomic mass is 10.0. The van der Waals surface area contributed by atoms with Crippen LogP contribution in [0.1, 0.15) is 348 Å². The molecule has 0 fully saturated rings. The zero-order valence-electron chi connectivity index (χ0n) is 57.9. The first-order valence-corrected chi connectivity index (χ1v) is 38.9. The molecule has 3 N–H and O–H groups in total. The number of hydrogen-bond acceptors (Lipinski definition) is 8. The van der Waals surface area contributed by atoms with Gasteiger partial charge in [-0.2, -0.15) is 0 Å². The molecule has 0 aromatic carbocycles. The number of unbranched alkanes of at least 4 members (excludes halogenated alkanes) is 39. The van der Waals surface area contributed by atoms with Crippen molar-refractivity contribution in [2.24, 2.45) is 5.73 Å². The number of ether oxygens (including phenoxy) is 2. The third-order valence-corrected chi connectivity index (χ3v) is 17.1. The molecule has 0 aliphatic heterocycles. The van der Waals surface area contributed by atoms with Crippen LogP contribution in [0.2, 0.25) is 0 Å². The topological polar surface area (TPSA) is 134 Å². The lowest BCUT2D eigenvalue weighted by Crippen LogP contribution is -2.29. The maximum Gasteiger partial charge on any atom is 0.472 e. The number of phosphoric ester groups is 1. The van der Waals surface area contributed by atoms with Crippen molar-refractivity contribution in [3.63, 3.8) is 0 Å². The molecule has 0 saturated carbocycles. The van der Waals surface area contributed by atoms with E-state index in [9.17, 15) is 19.0 Å². The summed E-state index contributed by atoms with van der Waals surface area (Å²) in [5, 5.41) is 0. The minimum absolute atomic E-state index is 0.0520. The first-order chi connectivity index (χ1) is 43.8. The van der Waals surface area contributed by atoms with Crippen LogP contribution in [0.25, 0.3) is 0 Å². The maximum absolute atomic E-state index is 12.8. The second kappa shape index (κ2) is 73.7. The summed E-state index contributed by atoms with van der Waals surface area (Å²) in [6.07, 6.45) is 102. The van der Waals surface area contributed by atoms with Gasteiger partial charge in [-0.05, 0) is 96.3 Å². The third-order valence-electron chi connectivity index (χ3n) is 16.2. The number of esters is 2. The number of carbonyl (C=O) groups excluding carboxylic acids is 2. The van der Waals surface area contributed by atoms with E-state index < -0.39 is 26.5 Å². The molecule has 10 heteroatoms. The molecule has 0 saturated heterocycles. The van der Waals surface area contributed by atoms with Crippen molar-refractivity contribution in [1.82, 2.24) is 0 Å². The molecule has 0 aromatic rings. The summed E-state index contributed by atoms with van der Waals surface area (Å²) >= 11 is 0. The number of allylic oxidation sites excluding steroid dienone is 18. The van der Waals surface area contributed by atoms with Gasteiger partial charge in [-0.3, -0.25) is 18.6 Å². The summed E-state index contributed by atoms with van der Waals surface area (Å²) in [6.45, 7) is 3.56. The van der Waals surface area contributed by atoms with E-state index in [2.05, 4.69) is 123 Å². The minimum atomic E-state index is -4.40. The van der Waals surface area contributed by atoms with Gasteiger partial charge < -0.3 is 20.1 Å². The summed E-state index contributed by atoms with van der Waals surface area (Å²) < 4.78 is 33.2. The van der Waals surface area contributed by atoms with Gasteiger partial charge in [0.2, 0.25) is 0 Å². The SMILES string of the molecule is CC/C=C\C/C=C\C/C=C\C/C=C\C/C=C\CCCCCCCCCCCCCCCCCC(=O)OC(COC(=O)CCCCCCCCCCCCCCCCCCCCCCCCCC/C=C\C/C=C\C/C=C\C/C=C\CC)COP(=O)(O)OCCN. The Morgan fingerprint density at radius 2 is 0.584 bits per heavy atom. The van der Waals surface area contributed by atoms with Gasteiger partial charge in [-0.15, -0.1) is 0 Å². The molecule has 0 rings (SSSR count). The van der Waals surface area contributed by atoms with Gasteiger partial charge in [0.1, 0.15) is 6.61 Å². The monoisotopic (exact) mass is 1260 g/mol. The van der Waals surface area contributed by atoms with E-state index >= 15 is 0 Å². The highest BCUT2D eigenvalue weighted by Gasteiger charge is 2.26. The van der Waals surface area contributed by atoms with Crippen LogP contribution in [0.3, 0.4) is 0 Å². The van der Waals surface area contributed by atoms with Crippen molar-refractivity contribution in [3.05, 3.63) is 109 Å². The average Bonchev–Trinajstić information content (AvgIpc) is 3.68. The normalized spacial score (nSPS) is 13.5. The van der Waals surface area contributed by atoms with Crippen LogP contribution in [0, 0.1) is 0 Å². The van der Waals surface area contributed by atoms with E-state index in [1.165, 1.54) is 218 Å². The lowest BCUT2D eigenvalue weighted by molar-refractivity contribution is -0.161. The van der Waals surface area contributed by atoms with Crippen LogP contribution in [0.5, 0.6) is 0 Å². The van der Waals surface area contributed by atoms with Gasteiger partial charge in [0.25, 0.3) is 0 Å². The van der Waals surface area contributed by atoms with E-state index in [1.807, 2.05) is 0 Å². The third kappa shape index (κ3) is 73.6.